The van der Waals surface area contributed by atoms with Crippen LogP contribution in [0.3, 0.4) is 0 Å². The summed E-state index contributed by atoms with van der Waals surface area (Å²) >= 11 is 0. The summed E-state index contributed by atoms with van der Waals surface area (Å²) in [4.78, 5) is 4.64. The lowest BCUT2D eigenvalue weighted by Gasteiger charge is -2.19. The predicted molar refractivity (Wildman–Crippen MR) is 148 cm³/mol. The summed E-state index contributed by atoms with van der Waals surface area (Å²) in [6.07, 6.45) is 9.60. The zero-order chi connectivity index (χ0) is 24.4. The monoisotopic (exact) mass is 459 g/mol. The molecule has 3 heteroatoms. The SMILES string of the molecule is CC(C)C.CC1CC=Cc2c1n(-c1ccccc1)c1ccc(-n3ccnc3-c3ccccc3)cc21. The molecule has 0 N–H and O–H groups in total. The summed E-state index contributed by atoms with van der Waals surface area (Å²) < 4.78 is 4.62. The standard InChI is InChI=1S/C28H23N3.C4H10/c1-20-9-8-14-24-25-19-23(30-18-17-29-28(30)21-10-4-2-5-11-21)15-16-26(25)31(27(20)24)22-12-6-3-7-13-22;1-4(2)3/h2-8,10-20H,9H2,1H3;4H,1-3H3. The maximum Gasteiger partial charge on any atom is 0.144 e. The van der Waals surface area contributed by atoms with Gasteiger partial charge in [-0.1, -0.05) is 88.4 Å². The Morgan fingerprint density at radius 3 is 2.26 bits per heavy atom. The van der Waals surface area contributed by atoms with Crippen LogP contribution in [0.5, 0.6) is 0 Å². The lowest BCUT2D eigenvalue weighted by Crippen LogP contribution is -2.06. The molecule has 2 heterocycles. The summed E-state index contributed by atoms with van der Waals surface area (Å²) in [5.41, 5.74) is 7.44. The number of rotatable bonds is 3. The highest BCUT2D eigenvalue weighted by Crippen LogP contribution is 2.40. The molecular formula is C32H33N3. The summed E-state index contributed by atoms with van der Waals surface area (Å²) in [6, 6.07) is 27.8. The molecule has 3 aromatic carbocycles. The molecule has 0 aliphatic heterocycles. The van der Waals surface area contributed by atoms with E-state index in [-0.39, 0.29) is 0 Å². The topological polar surface area (TPSA) is 22.8 Å². The second-order valence-electron chi connectivity index (χ2n) is 9.93. The Hall–Kier alpha value is -3.85. The van der Waals surface area contributed by atoms with Gasteiger partial charge in [0.05, 0.1) is 5.52 Å². The molecule has 0 saturated heterocycles. The zero-order valence-electron chi connectivity index (χ0n) is 21.0. The van der Waals surface area contributed by atoms with E-state index in [4.69, 9.17) is 0 Å². The van der Waals surface area contributed by atoms with Crippen molar-refractivity contribution in [1.82, 2.24) is 14.1 Å². The van der Waals surface area contributed by atoms with Gasteiger partial charge in [0.1, 0.15) is 5.82 Å². The Morgan fingerprint density at radius 1 is 0.857 bits per heavy atom. The van der Waals surface area contributed by atoms with Gasteiger partial charge in [0, 0.05) is 51.9 Å². The van der Waals surface area contributed by atoms with Crippen LogP contribution in [0.25, 0.3) is 39.7 Å². The molecule has 1 aliphatic carbocycles. The van der Waals surface area contributed by atoms with Crippen molar-refractivity contribution >= 4 is 17.0 Å². The third-order valence-corrected chi connectivity index (χ3v) is 6.23. The molecular weight excluding hydrogens is 426 g/mol. The van der Waals surface area contributed by atoms with Crippen molar-refractivity contribution < 1.29 is 0 Å². The first kappa shape index (κ1) is 22.9. The fourth-order valence-electron chi connectivity index (χ4n) is 4.80. The number of benzene rings is 3. The average Bonchev–Trinajstić information content (AvgIpc) is 3.48. The zero-order valence-corrected chi connectivity index (χ0v) is 21.0. The van der Waals surface area contributed by atoms with E-state index in [1.54, 1.807) is 0 Å². The smallest absolute Gasteiger partial charge is 0.144 e. The molecule has 0 saturated carbocycles. The van der Waals surface area contributed by atoms with E-state index in [0.717, 1.165) is 29.4 Å². The van der Waals surface area contributed by atoms with Gasteiger partial charge >= 0.3 is 0 Å². The van der Waals surface area contributed by atoms with E-state index >= 15 is 0 Å². The molecule has 0 amide bonds. The second-order valence-corrected chi connectivity index (χ2v) is 9.93. The first-order valence-corrected chi connectivity index (χ1v) is 12.5. The highest BCUT2D eigenvalue weighted by Gasteiger charge is 2.23. The number of fused-ring (bicyclic) bond motifs is 3. The fraction of sp³-hybridized carbons (Fsp3) is 0.219. The van der Waals surface area contributed by atoms with Crippen molar-refractivity contribution in [2.45, 2.75) is 40.0 Å². The van der Waals surface area contributed by atoms with Crippen LogP contribution in [0.15, 0.2) is 97.3 Å². The summed E-state index contributed by atoms with van der Waals surface area (Å²) in [5, 5.41) is 1.28. The van der Waals surface area contributed by atoms with Crippen molar-refractivity contribution in [3.8, 4) is 22.8 Å². The summed E-state index contributed by atoms with van der Waals surface area (Å²) in [6.45, 7) is 8.82. The quantitative estimate of drug-likeness (QED) is 0.265. The van der Waals surface area contributed by atoms with Gasteiger partial charge < -0.3 is 4.57 Å². The molecule has 5 aromatic rings. The number of para-hydroxylation sites is 1. The lowest BCUT2D eigenvalue weighted by atomic mass is 9.93. The second kappa shape index (κ2) is 9.79. The summed E-state index contributed by atoms with van der Waals surface area (Å²) in [5.74, 6) is 2.27. The van der Waals surface area contributed by atoms with E-state index in [1.807, 2.05) is 18.5 Å². The van der Waals surface area contributed by atoms with Gasteiger partial charge in [0.15, 0.2) is 0 Å². The Balaban J connectivity index is 0.000000591. The molecule has 1 unspecified atom stereocenters. The van der Waals surface area contributed by atoms with E-state index in [1.165, 1.54) is 27.8 Å². The third kappa shape index (κ3) is 4.46. The van der Waals surface area contributed by atoms with Gasteiger partial charge in [-0.05, 0) is 42.7 Å². The average molecular weight is 460 g/mol. The number of nitrogens with zero attached hydrogens (tertiary/aromatic N) is 3. The van der Waals surface area contributed by atoms with Crippen LogP contribution in [0.2, 0.25) is 0 Å². The highest BCUT2D eigenvalue weighted by molar-refractivity contribution is 5.95. The van der Waals surface area contributed by atoms with Crippen LogP contribution in [0.1, 0.15) is 51.3 Å². The highest BCUT2D eigenvalue weighted by atomic mass is 15.1. The van der Waals surface area contributed by atoms with Gasteiger partial charge in [-0.15, -0.1) is 0 Å². The summed E-state index contributed by atoms with van der Waals surface area (Å²) in [7, 11) is 0. The van der Waals surface area contributed by atoms with E-state index in [2.05, 4.69) is 127 Å². The van der Waals surface area contributed by atoms with Gasteiger partial charge in [-0.2, -0.15) is 0 Å². The van der Waals surface area contributed by atoms with Crippen molar-refractivity contribution in [2.24, 2.45) is 5.92 Å². The van der Waals surface area contributed by atoms with Crippen LogP contribution in [0, 0.1) is 5.92 Å². The number of aromatic nitrogens is 3. The minimum absolute atomic E-state index is 0.476. The van der Waals surface area contributed by atoms with E-state index < -0.39 is 0 Å². The Kier molecular flexibility index (Phi) is 6.41. The van der Waals surface area contributed by atoms with Gasteiger partial charge in [-0.3, -0.25) is 4.57 Å². The number of hydrogen-bond donors (Lipinski definition) is 0. The molecule has 176 valence electrons. The lowest BCUT2D eigenvalue weighted by molar-refractivity contribution is 0.723. The van der Waals surface area contributed by atoms with Crippen LogP contribution in [0.4, 0.5) is 0 Å². The first-order valence-electron chi connectivity index (χ1n) is 12.5. The first-order chi connectivity index (χ1) is 17.0. The molecule has 1 atom stereocenters. The third-order valence-electron chi connectivity index (χ3n) is 6.23. The molecule has 1 aliphatic rings. The van der Waals surface area contributed by atoms with Crippen molar-refractivity contribution in [3.63, 3.8) is 0 Å². The maximum atomic E-state index is 4.64. The molecule has 0 bridgehead atoms. The molecule has 2 aromatic heterocycles. The van der Waals surface area contributed by atoms with E-state index in [0.29, 0.717) is 5.92 Å². The normalized spacial score (nSPS) is 14.6. The largest absolute Gasteiger partial charge is 0.313 e. The van der Waals surface area contributed by atoms with Gasteiger partial charge in [-0.25, -0.2) is 4.98 Å². The van der Waals surface area contributed by atoms with Gasteiger partial charge in [0.2, 0.25) is 0 Å². The van der Waals surface area contributed by atoms with Crippen molar-refractivity contribution in [3.05, 3.63) is 109 Å². The number of imidazole rings is 1. The van der Waals surface area contributed by atoms with Crippen LogP contribution >= 0.6 is 0 Å². The number of hydrogen-bond acceptors (Lipinski definition) is 1. The molecule has 3 nitrogen and oxygen atoms in total. The minimum atomic E-state index is 0.476. The van der Waals surface area contributed by atoms with Crippen LogP contribution < -0.4 is 0 Å². The molecule has 0 fully saturated rings. The van der Waals surface area contributed by atoms with Crippen LogP contribution in [-0.4, -0.2) is 14.1 Å². The Morgan fingerprint density at radius 2 is 1.54 bits per heavy atom. The van der Waals surface area contributed by atoms with Crippen LogP contribution in [-0.2, 0) is 0 Å². The van der Waals surface area contributed by atoms with Crippen molar-refractivity contribution in [2.75, 3.05) is 0 Å². The van der Waals surface area contributed by atoms with E-state index in [9.17, 15) is 0 Å². The predicted octanol–water partition coefficient (Wildman–Crippen LogP) is 8.67. The fourth-order valence-corrected chi connectivity index (χ4v) is 4.80. The Bertz CT molecular complexity index is 1450. The molecule has 6 rings (SSSR count). The van der Waals surface area contributed by atoms with Gasteiger partial charge in [0.25, 0.3) is 0 Å². The molecule has 0 radical (unpaired) electrons. The maximum absolute atomic E-state index is 4.64. The Labute approximate surface area is 208 Å². The minimum Gasteiger partial charge on any atom is -0.313 e. The number of allylic oxidation sites excluding steroid dienone is 1. The molecule has 0 spiro atoms. The van der Waals surface area contributed by atoms with Crippen molar-refractivity contribution in [1.29, 1.82) is 0 Å². The molecule has 35 heavy (non-hydrogen) atoms.